The monoisotopic (exact) mass is 469 g/mol. The highest BCUT2D eigenvalue weighted by atomic mass is 19.1. The van der Waals surface area contributed by atoms with Crippen LogP contribution >= 0.6 is 0 Å². The molecule has 1 N–H and O–H groups in total. The van der Waals surface area contributed by atoms with Gasteiger partial charge in [-0.25, -0.2) is 8.91 Å². The van der Waals surface area contributed by atoms with E-state index in [0.717, 1.165) is 11.3 Å². The van der Waals surface area contributed by atoms with Gasteiger partial charge in [0.2, 0.25) is 5.88 Å². The van der Waals surface area contributed by atoms with E-state index in [1.807, 2.05) is 27.9 Å². The number of esters is 1. The van der Waals surface area contributed by atoms with E-state index in [0.29, 0.717) is 22.2 Å². The molecule has 9 nitrogen and oxygen atoms in total. The number of aryl methyl sites for hydroxylation is 2. The van der Waals surface area contributed by atoms with Crippen molar-refractivity contribution in [2.45, 2.75) is 39.8 Å². The van der Waals surface area contributed by atoms with Gasteiger partial charge < -0.3 is 19.2 Å². The SMILES string of the molecule is Cc1cc2c(F)c(Oc3ncnn4cc(OCC(C)OC(=O)C(C)N(C)C)c(C)c34)ccc2[nH]1. The van der Waals surface area contributed by atoms with Gasteiger partial charge >= 0.3 is 5.97 Å². The van der Waals surface area contributed by atoms with E-state index in [1.54, 1.807) is 47.7 Å². The first kappa shape index (κ1) is 23.5. The summed E-state index contributed by atoms with van der Waals surface area (Å²) in [4.78, 5) is 21.2. The molecular formula is C24H28FN5O4. The largest absolute Gasteiger partial charge is 0.488 e. The fourth-order valence-electron chi connectivity index (χ4n) is 3.55. The fourth-order valence-corrected chi connectivity index (χ4v) is 3.55. The summed E-state index contributed by atoms with van der Waals surface area (Å²) in [5, 5.41) is 4.66. The zero-order valence-electron chi connectivity index (χ0n) is 20.0. The van der Waals surface area contributed by atoms with Crippen LogP contribution in [0.1, 0.15) is 25.1 Å². The van der Waals surface area contributed by atoms with Gasteiger partial charge in [0, 0.05) is 22.2 Å². The molecule has 4 rings (SSSR count). The molecule has 2 unspecified atom stereocenters. The Kier molecular flexibility index (Phi) is 6.43. The third-order valence-corrected chi connectivity index (χ3v) is 5.70. The maximum Gasteiger partial charge on any atom is 0.323 e. The summed E-state index contributed by atoms with van der Waals surface area (Å²) in [6.45, 7) is 7.40. The van der Waals surface area contributed by atoms with Gasteiger partial charge in [-0.05, 0) is 60.0 Å². The lowest BCUT2D eigenvalue weighted by Gasteiger charge is -2.21. The van der Waals surface area contributed by atoms with E-state index in [1.165, 1.54) is 6.33 Å². The summed E-state index contributed by atoms with van der Waals surface area (Å²) >= 11 is 0. The number of hydrogen-bond acceptors (Lipinski definition) is 7. The molecule has 10 heteroatoms. The minimum Gasteiger partial charge on any atom is -0.488 e. The number of H-pyrrole nitrogens is 1. The van der Waals surface area contributed by atoms with Gasteiger partial charge in [0.05, 0.1) is 6.20 Å². The molecule has 0 bridgehead atoms. The predicted molar refractivity (Wildman–Crippen MR) is 125 cm³/mol. The van der Waals surface area contributed by atoms with E-state index in [-0.39, 0.29) is 30.2 Å². The average molecular weight is 470 g/mol. The van der Waals surface area contributed by atoms with Gasteiger partial charge in [-0.2, -0.15) is 10.1 Å². The third kappa shape index (κ3) is 4.54. The first-order chi connectivity index (χ1) is 16.2. The van der Waals surface area contributed by atoms with Gasteiger partial charge in [0.15, 0.2) is 11.6 Å². The quantitative estimate of drug-likeness (QED) is 0.390. The number of hydrogen-bond donors (Lipinski definition) is 1. The van der Waals surface area contributed by atoms with Crippen molar-refractivity contribution in [1.29, 1.82) is 0 Å². The van der Waals surface area contributed by atoms with E-state index >= 15 is 4.39 Å². The smallest absolute Gasteiger partial charge is 0.323 e. The van der Waals surface area contributed by atoms with Crippen LogP contribution in [-0.2, 0) is 9.53 Å². The van der Waals surface area contributed by atoms with Crippen molar-refractivity contribution in [3.63, 3.8) is 0 Å². The molecule has 3 heterocycles. The van der Waals surface area contributed by atoms with E-state index < -0.39 is 11.9 Å². The van der Waals surface area contributed by atoms with Crippen molar-refractivity contribution in [2.75, 3.05) is 20.7 Å². The van der Waals surface area contributed by atoms with E-state index in [2.05, 4.69) is 15.1 Å². The Hall–Kier alpha value is -3.66. The Bertz CT molecular complexity index is 1350. The number of nitrogens with one attached hydrogen (secondary N) is 1. The minimum atomic E-state index is -0.470. The Morgan fingerprint density at radius 1 is 1.24 bits per heavy atom. The van der Waals surface area contributed by atoms with Crippen molar-refractivity contribution in [2.24, 2.45) is 0 Å². The summed E-state index contributed by atoms with van der Waals surface area (Å²) in [5.74, 6) is 0.00358. The van der Waals surface area contributed by atoms with Gasteiger partial charge in [-0.1, -0.05) is 0 Å². The van der Waals surface area contributed by atoms with Crippen molar-refractivity contribution in [3.05, 3.63) is 47.8 Å². The first-order valence-corrected chi connectivity index (χ1v) is 10.9. The number of halogens is 1. The molecule has 0 saturated carbocycles. The maximum absolute atomic E-state index is 15.0. The molecule has 180 valence electrons. The Morgan fingerprint density at radius 2 is 2.00 bits per heavy atom. The first-order valence-electron chi connectivity index (χ1n) is 10.9. The molecule has 0 saturated heterocycles. The van der Waals surface area contributed by atoms with Crippen LogP contribution in [0.15, 0.2) is 30.7 Å². The molecule has 4 aromatic rings. The molecule has 0 amide bonds. The summed E-state index contributed by atoms with van der Waals surface area (Å²) in [5.41, 5.74) is 2.82. The number of carbonyl (C=O) groups is 1. The minimum absolute atomic E-state index is 0.0608. The summed E-state index contributed by atoms with van der Waals surface area (Å²) < 4.78 is 33.8. The number of fused-ring (bicyclic) bond motifs is 2. The summed E-state index contributed by atoms with van der Waals surface area (Å²) in [6, 6.07) is 4.70. The molecule has 0 spiro atoms. The van der Waals surface area contributed by atoms with Crippen LogP contribution in [0.4, 0.5) is 4.39 Å². The number of nitrogens with zero attached hydrogens (tertiary/aromatic N) is 4. The molecule has 0 fully saturated rings. The molecule has 1 aromatic carbocycles. The van der Waals surface area contributed by atoms with Crippen LogP contribution in [-0.4, -0.2) is 63.3 Å². The topological polar surface area (TPSA) is 94.0 Å². The maximum atomic E-state index is 15.0. The zero-order chi connectivity index (χ0) is 24.6. The number of rotatable bonds is 8. The highest BCUT2D eigenvalue weighted by Gasteiger charge is 2.21. The van der Waals surface area contributed by atoms with Crippen molar-refractivity contribution in [1.82, 2.24) is 24.5 Å². The van der Waals surface area contributed by atoms with Crippen molar-refractivity contribution >= 4 is 22.4 Å². The number of aromatic amines is 1. The average Bonchev–Trinajstić information content (AvgIpc) is 3.33. The Balaban J connectivity index is 1.54. The third-order valence-electron chi connectivity index (χ3n) is 5.70. The Morgan fingerprint density at radius 3 is 2.74 bits per heavy atom. The van der Waals surface area contributed by atoms with Crippen LogP contribution in [0.5, 0.6) is 17.4 Å². The summed E-state index contributed by atoms with van der Waals surface area (Å²) in [7, 11) is 3.63. The van der Waals surface area contributed by atoms with Crippen LogP contribution in [0.3, 0.4) is 0 Å². The second kappa shape index (κ2) is 9.30. The van der Waals surface area contributed by atoms with Crippen LogP contribution in [0.25, 0.3) is 16.4 Å². The number of ether oxygens (including phenoxy) is 3. The van der Waals surface area contributed by atoms with Gasteiger partial charge in [0.1, 0.15) is 36.3 Å². The molecule has 0 aliphatic heterocycles. The number of carbonyl (C=O) groups excluding carboxylic acids is 1. The molecular weight excluding hydrogens is 441 g/mol. The van der Waals surface area contributed by atoms with Crippen molar-refractivity contribution in [3.8, 4) is 17.4 Å². The highest BCUT2D eigenvalue weighted by molar-refractivity contribution is 5.83. The molecule has 0 radical (unpaired) electrons. The fraction of sp³-hybridized carbons (Fsp3) is 0.375. The van der Waals surface area contributed by atoms with Gasteiger partial charge in [0.25, 0.3) is 0 Å². The predicted octanol–water partition coefficient (Wildman–Crippen LogP) is 4.02. The molecule has 2 atom stereocenters. The second-order valence-electron chi connectivity index (χ2n) is 8.57. The molecule has 34 heavy (non-hydrogen) atoms. The standard InChI is InChI=1S/C24H28FN5O4/c1-13-9-17-18(28-13)7-8-19(21(17)25)34-23-22-15(3)20(10-30(22)27-12-26-23)32-11-14(2)33-24(31)16(4)29(5)6/h7-10,12,14,16,28H,11H2,1-6H3. The molecule has 3 aromatic heterocycles. The lowest BCUT2D eigenvalue weighted by Crippen LogP contribution is -2.37. The van der Waals surface area contributed by atoms with E-state index in [9.17, 15) is 4.79 Å². The number of benzene rings is 1. The number of likely N-dealkylation sites (N-methyl/N-ethyl adjacent to an activating group) is 1. The van der Waals surface area contributed by atoms with Crippen LogP contribution in [0.2, 0.25) is 0 Å². The van der Waals surface area contributed by atoms with Crippen molar-refractivity contribution < 1.29 is 23.4 Å². The second-order valence-corrected chi connectivity index (χ2v) is 8.57. The lowest BCUT2D eigenvalue weighted by molar-refractivity contribution is -0.154. The molecule has 0 aliphatic rings. The summed E-state index contributed by atoms with van der Waals surface area (Å²) in [6.07, 6.45) is 2.56. The van der Waals surface area contributed by atoms with E-state index in [4.69, 9.17) is 14.2 Å². The Labute approximate surface area is 196 Å². The zero-order valence-corrected chi connectivity index (χ0v) is 20.0. The highest BCUT2D eigenvalue weighted by Crippen LogP contribution is 2.34. The van der Waals surface area contributed by atoms with Crippen LogP contribution in [0, 0.1) is 19.7 Å². The lowest BCUT2D eigenvalue weighted by atomic mass is 10.2. The number of aromatic nitrogens is 4. The molecule has 0 aliphatic carbocycles. The normalized spacial score (nSPS) is 13.4. The van der Waals surface area contributed by atoms with Gasteiger partial charge in [-0.15, -0.1) is 0 Å². The van der Waals surface area contributed by atoms with Gasteiger partial charge in [-0.3, -0.25) is 9.69 Å². The van der Waals surface area contributed by atoms with Crippen LogP contribution < -0.4 is 9.47 Å².